The number of anilines is 1. The Hall–Kier alpha value is -2.45. The molecule has 0 saturated heterocycles. The topological polar surface area (TPSA) is 100 Å². The monoisotopic (exact) mass is 440 g/mol. The SMILES string of the molecule is O=C(NCc1ccncc1)Nc1ccc(S(=O)(=O)NC23CC4CC(CC(C4)C2)C3)cc1. The number of amides is 2. The maximum Gasteiger partial charge on any atom is 0.319 e. The average molecular weight is 441 g/mol. The fraction of sp³-hybridized carbons (Fsp3) is 0.478. The predicted octanol–water partition coefficient (Wildman–Crippen LogP) is 3.65. The van der Waals surface area contributed by atoms with Crippen molar-refractivity contribution in [3.8, 4) is 0 Å². The lowest BCUT2D eigenvalue weighted by molar-refractivity contribution is -0.00810. The minimum absolute atomic E-state index is 0.242. The molecule has 1 heterocycles. The van der Waals surface area contributed by atoms with Crippen LogP contribution in [0.5, 0.6) is 0 Å². The van der Waals surface area contributed by atoms with Gasteiger partial charge in [-0.25, -0.2) is 17.9 Å². The summed E-state index contributed by atoms with van der Waals surface area (Å²) in [6.07, 6.45) is 10.1. The van der Waals surface area contributed by atoms with Gasteiger partial charge >= 0.3 is 6.03 Å². The third kappa shape index (κ3) is 4.45. The summed E-state index contributed by atoms with van der Waals surface area (Å²) in [7, 11) is -3.60. The molecule has 2 amide bonds. The second-order valence-electron chi connectivity index (χ2n) is 9.49. The van der Waals surface area contributed by atoms with Gasteiger partial charge in [-0.1, -0.05) is 0 Å². The zero-order valence-corrected chi connectivity index (χ0v) is 18.2. The van der Waals surface area contributed by atoms with Crippen LogP contribution in [0, 0.1) is 17.8 Å². The Labute approximate surface area is 183 Å². The molecule has 2 aromatic rings. The van der Waals surface area contributed by atoms with Crippen LogP contribution in [-0.2, 0) is 16.6 Å². The number of benzene rings is 1. The van der Waals surface area contributed by atoms with E-state index in [0.29, 0.717) is 30.0 Å². The molecular weight excluding hydrogens is 412 g/mol. The Morgan fingerprint density at radius 2 is 1.52 bits per heavy atom. The van der Waals surface area contributed by atoms with Crippen LogP contribution in [0.2, 0.25) is 0 Å². The van der Waals surface area contributed by atoms with Crippen molar-refractivity contribution in [2.75, 3.05) is 5.32 Å². The Kier molecular flexibility index (Phi) is 5.22. The van der Waals surface area contributed by atoms with Gasteiger partial charge in [-0.15, -0.1) is 0 Å². The van der Waals surface area contributed by atoms with Crippen molar-refractivity contribution in [1.82, 2.24) is 15.0 Å². The third-order valence-electron chi connectivity index (χ3n) is 7.01. The van der Waals surface area contributed by atoms with Crippen molar-refractivity contribution in [2.45, 2.75) is 55.5 Å². The molecule has 1 aromatic heterocycles. The number of carbonyl (C=O) groups excluding carboxylic acids is 1. The van der Waals surface area contributed by atoms with E-state index < -0.39 is 10.0 Å². The number of carbonyl (C=O) groups is 1. The summed E-state index contributed by atoms with van der Waals surface area (Å²) < 4.78 is 29.3. The molecule has 4 bridgehead atoms. The standard InChI is InChI=1S/C23H28N4O3S/c28-22(25-15-16-5-7-24-8-6-16)26-20-1-3-21(4-2-20)31(29,30)27-23-12-17-9-18(13-23)11-19(10-17)14-23/h1-8,17-19,27H,9-15H2,(H2,25,26,28). The van der Waals surface area contributed by atoms with Gasteiger partial charge in [0.05, 0.1) is 4.90 Å². The number of urea groups is 1. The summed E-state index contributed by atoms with van der Waals surface area (Å²) in [5.41, 5.74) is 1.22. The van der Waals surface area contributed by atoms with Gasteiger partial charge in [-0.05, 0) is 98.2 Å². The number of nitrogens with zero attached hydrogens (tertiary/aromatic N) is 1. The van der Waals surface area contributed by atoms with E-state index in [9.17, 15) is 13.2 Å². The maximum atomic E-state index is 13.1. The van der Waals surface area contributed by atoms with Gasteiger partial charge in [0.1, 0.15) is 0 Å². The highest BCUT2D eigenvalue weighted by molar-refractivity contribution is 7.89. The maximum absolute atomic E-state index is 13.1. The van der Waals surface area contributed by atoms with E-state index in [1.807, 2.05) is 12.1 Å². The van der Waals surface area contributed by atoms with Gasteiger partial charge < -0.3 is 10.6 Å². The molecule has 8 heteroatoms. The zero-order chi connectivity index (χ0) is 21.5. The molecule has 0 atom stereocenters. The second-order valence-corrected chi connectivity index (χ2v) is 11.2. The summed E-state index contributed by atoms with van der Waals surface area (Å²) in [6, 6.07) is 9.68. The van der Waals surface area contributed by atoms with Crippen molar-refractivity contribution in [3.63, 3.8) is 0 Å². The molecule has 0 aliphatic heterocycles. The van der Waals surface area contributed by atoms with Crippen LogP contribution in [0.1, 0.15) is 44.1 Å². The minimum atomic E-state index is -3.60. The van der Waals surface area contributed by atoms with Crippen LogP contribution >= 0.6 is 0 Å². The van der Waals surface area contributed by atoms with Gasteiger partial charge in [0.15, 0.2) is 0 Å². The highest BCUT2D eigenvalue weighted by Gasteiger charge is 2.52. The average Bonchev–Trinajstić information content (AvgIpc) is 2.72. The van der Waals surface area contributed by atoms with E-state index >= 15 is 0 Å². The van der Waals surface area contributed by atoms with Crippen molar-refractivity contribution in [1.29, 1.82) is 0 Å². The molecule has 4 fully saturated rings. The molecule has 0 unspecified atom stereocenters. The van der Waals surface area contributed by atoms with Gasteiger partial charge in [0.2, 0.25) is 10.0 Å². The van der Waals surface area contributed by atoms with Crippen molar-refractivity contribution in [3.05, 3.63) is 54.4 Å². The molecule has 3 N–H and O–H groups in total. The number of rotatable bonds is 6. The lowest BCUT2D eigenvalue weighted by atomic mass is 9.53. The number of pyridine rings is 1. The van der Waals surface area contributed by atoms with Crippen LogP contribution in [0.15, 0.2) is 53.7 Å². The van der Waals surface area contributed by atoms with Gasteiger partial charge in [0.25, 0.3) is 0 Å². The third-order valence-corrected chi connectivity index (χ3v) is 8.61. The number of hydrogen-bond acceptors (Lipinski definition) is 4. The zero-order valence-electron chi connectivity index (χ0n) is 17.4. The molecule has 4 aliphatic rings. The highest BCUT2D eigenvalue weighted by Crippen LogP contribution is 2.55. The van der Waals surface area contributed by atoms with Gasteiger partial charge in [0, 0.05) is 30.2 Å². The molecule has 0 spiro atoms. The summed E-state index contributed by atoms with van der Waals surface area (Å²) >= 11 is 0. The largest absolute Gasteiger partial charge is 0.334 e. The Morgan fingerprint density at radius 1 is 0.935 bits per heavy atom. The van der Waals surface area contributed by atoms with Crippen LogP contribution < -0.4 is 15.4 Å². The Bertz CT molecular complexity index is 1020. The number of hydrogen-bond donors (Lipinski definition) is 3. The molecule has 164 valence electrons. The molecule has 6 rings (SSSR count). The van der Waals surface area contributed by atoms with Crippen LogP contribution in [0.3, 0.4) is 0 Å². The van der Waals surface area contributed by atoms with Crippen LogP contribution in [0.25, 0.3) is 0 Å². The summed E-state index contributed by atoms with van der Waals surface area (Å²) in [6.45, 7) is 0.385. The fourth-order valence-electron chi connectivity index (χ4n) is 6.16. The van der Waals surface area contributed by atoms with E-state index in [1.54, 1.807) is 36.7 Å². The summed E-state index contributed by atoms with van der Waals surface area (Å²) in [4.78, 5) is 16.3. The first-order valence-corrected chi connectivity index (χ1v) is 12.5. The summed E-state index contributed by atoms with van der Waals surface area (Å²) in [5, 5.41) is 5.51. The second kappa shape index (κ2) is 7.91. The first-order valence-electron chi connectivity index (χ1n) is 11.0. The Balaban J connectivity index is 1.21. The van der Waals surface area contributed by atoms with Crippen LogP contribution in [-0.4, -0.2) is 25.0 Å². The molecule has 4 saturated carbocycles. The van der Waals surface area contributed by atoms with Crippen molar-refractivity contribution < 1.29 is 13.2 Å². The first-order chi connectivity index (χ1) is 14.9. The number of aromatic nitrogens is 1. The predicted molar refractivity (Wildman–Crippen MR) is 118 cm³/mol. The van der Waals surface area contributed by atoms with Gasteiger partial charge in [-0.2, -0.15) is 0 Å². The molecule has 4 aliphatic carbocycles. The smallest absolute Gasteiger partial charge is 0.319 e. The van der Waals surface area contributed by atoms with Gasteiger partial charge in [-0.3, -0.25) is 4.98 Å². The molecule has 31 heavy (non-hydrogen) atoms. The molecule has 7 nitrogen and oxygen atoms in total. The normalized spacial score (nSPS) is 29.0. The summed E-state index contributed by atoms with van der Waals surface area (Å²) in [5.74, 6) is 2.02. The van der Waals surface area contributed by atoms with E-state index in [1.165, 1.54) is 19.3 Å². The molecular formula is C23H28N4O3S. The Morgan fingerprint density at radius 3 is 2.10 bits per heavy atom. The lowest BCUT2D eigenvalue weighted by Crippen LogP contribution is -2.59. The van der Waals surface area contributed by atoms with E-state index in [4.69, 9.17) is 0 Å². The van der Waals surface area contributed by atoms with E-state index in [0.717, 1.165) is 24.8 Å². The van der Waals surface area contributed by atoms with Crippen molar-refractivity contribution in [2.24, 2.45) is 17.8 Å². The molecule has 0 radical (unpaired) electrons. The number of sulfonamides is 1. The quantitative estimate of drug-likeness (QED) is 0.638. The molecule has 1 aromatic carbocycles. The minimum Gasteiger partial charge on any atom is -0.334 e. The van der Waals surface area contributed by atoms with Crippen molar-refractivity contribution >= 4 is 21.7 Å². The highest BCUT2D eigenvalue weighted by atomic mass is 32.2. The number of nitrogens with one attached hydrogen (secondary N) is 3. The van der Waals surface area contributed by atoms with E-state index in [2.05, 4.69) is 20.3 Å². The fourth-order valence-corrected chi connectivity index (χ4v) is 7.59. The first kappa shape index (κ1) is 20.5. The lowest BCUT2D eigenvalue weighted by Gasteiger charge is -2.56. The van der Waals surface area contributed by atoms with E-state index in [-0.39, 0.29) is 16.5 Å². The van der Waals surface area contributed by atoms with Crippen LogP contribution in [0.4, 0.5) is 10.5 Å².